The maximum atomic E-state index is 12.4. The smallest absolute Gasteiger partial charge is 0.405 e. The summed E-state index contributed by atoms with van der Waals surface area (Å²) in [5, 5.41) is 2.97. The molecule has 0 amide bonds. The zero-order valence-electron chi connectivity index (χ0n) is 13.4. The van der Waals surface area contributed by atoms with Crippen molar-refractivity contribution < 1.29 is 17.9 Å². The second-order valence-corrected chi connectivity index (χ2v) is 5.82. The Morgan fingerprint density at radius 2 is 1.88 bits per heavy atom. The lowest BCUT2D eigenvalue weighted by Crippen LogP contribution is -2.23. The summed E-state index contributed by atoms with van der Waals surface area (Å²) in [6.07, 6.45) is -1.45. The van der Waals surface area contributed by atoms with Crippen LogP contribution in [0.25, 0.3) is 0 Å². The minimum Gasteiger partial charge on any atom is -0.405 e. The second-order valence-electron chi connectivity index (χ2n) is 5.82. The first-order chi connectivity index (χ1) is 11.9. The average Bonchev–Trinajstić information content (AvgIpc) is 3.00. The van der Waals surface area contributed by atoms with E-state index in [9.17, 15) is 13.2 Å². The lowest BCUT2D eigenvalue weighted by atomic mass is 10.1. The van der Waals surface area contributed by atoms with Crippen LogP contribution in [0.1, 0.15) is 23.1 Å². The molecule has 1 aliphatic rings. The first-order valence-electron chi connectivity index (χ1n) is 7.93. The lowest BCUT2D eigenvalue weighted by Gasteiger charge is -2.12. The van der Waals surface area contributed by atoms with E-state index in [1.54, 1.807) is 6.07 Å². The fourth-order valence-corrected chi connectivity index (χ4v) is 2.87. The number of halogens is 3. The van der Waals surface area contributed by atoms with Gasteiger partial charge in [-0.05, 0) is 48.6 Å². The first kappa shape index (κ1) is 17.1. The third kappa shape index (κ3) is 4.65. The summed E-state index contributed by atoms with van der Waals surface area (Å²) in [7, 11) is 0. The molecule has 0 spiro atoms. The number of aliphatic imine (C=N–C) groups is 1. The van der Waals surface area contributed by atoms with Crippen LogP contribution in [0.3, 0.4) is 0 Å². The van der Waals surface area contributed by atoms with Crippen LogP contribution >= 0.6 is 0 Å². The van der Waals surface area contributed by atoms with Crippen LogP contribution < -0.4 is 15.8 Å². The summed E-state index contributed by atoms with van der Waals surface area (Å²) in [6.45, 7) is -0.0178. The van der Waals surface area contributed by atoms with Crippen molar-refractivity contribution in [3.63, 3.8) is 0 Å². The Bertz CT molecular complexity index is 787. The molecule has 0 atom stereocenters. The second kappa shape index (κ2) is 7.04. The quantitative estimate of drug-likeness (QED) is 0.648. The number of fused-ring (bicyclic) bond motifs is 1. The molecule has 0 saturated carbocycles. The van der Waals surface area contributed by atoms with Crippen molar-refractivity contribution in [3.05, 3.63) is 59.2 Å². The fraction of sp³-hybridized carbons (Fsp3) is 0.278. The maximum Gasteiger partial charge on any atom is 0.573 e. The number of guanidine groups is 1. The van der Waals surface area contributed by atoms with Gasteiger partial charge in [-0.15, -0.1) is 13.2 Å². The Balaban J connectivity index is 1.68. The molecular formula is C18H18F3N3O. The average molecular weight is 349 g/mol. The van der Waals surface area contributed by atoms with Crippen molar-refractivity contribution in [1.29, 1.82) is 0 Å². The standard InChI is InChI=1S/C18H18F3N3O/c19-18(20,21)25-16-7-2-1-4-14(16)11-23-17(22)24-15-9-8-12-5-3-6-13(12)10-15/h1-2,4,7-10H,3,5-6,11H2,(H3,22,23,24). The van der Waals surface area contributed by atoms with Gasteiger partial charge < -0.3 is 15.8 Å². The van der Waals surface area contributed by atoms with Crippen LogP contribution in [0.5, 0.6) is 5.75 Å². The molecule has 2 aromatic rings. The van der Waals surface area contributed by atoms with Gasteiger partial charge in [0, 0.05) is 11.3 Å². The van der Waals surface area contributed by atoms with Crippen molar-refractivity contribution in [1.82, 2.24) is 0 Å². The van der Waals surface area contributed by atoms with Gasteiger partial charge in [0.1, 0.15) is 5.75 Å². The Morgan fingerprint density at radius 3 is 2.68 bits per heavy atom. The predicted molar refractivity (Wildman–Crippen MR) is 90.5 cm³/mol. The predicted octanol–water partition coefficient (Wildman–Crippen LogP) is 4.00. The van der Waals surface area contributed by atoms with Gasteiger partial charge >= 0.3 is 6.36 Å². The van der Waals surface area contributed by atoms with Crippen LogP contribution in [0.2, 0.25) is 0 Å². The number of benzene rings is 2. The number of para-hydroxylation sites is 1. The van der Waals surface area contributed by atoms with Crippen LogP contribution in [0.4, 0.5) is 18.9 Å². The monoisotopic (exact) mass is 349 g/mol. The van der Waals surface area contributed by atoms with E-state index in [-0.39, 0.29) is 18.3 Å². The topological polar surface area (TPSA) is 59.6 Å². The number of anilines is 1. The summed E-state index contributed by atoms with van der Waals surface area (Å²) in [5.41, 5.74) is 9.62. The molecule has 0 fully saturated rings. The summed E-state index contributed by atoms with van der Waals surface area (Å²) in [4.78, 5) is 4.11. The number of rotatable bonds is 4. The molecule has 0 heterocycles. The number of ether oxygens (including phenoxy) is 1. The van der Waals surface area contributed by atoms with Gasteiger partial charge in [0.2, 0.25) is 0 Å². The molecule has 25 heavy (non-hydrogen) atoms. The van der Waals surface area contributed by atoms with E-state index in [0.717, 1.165) is 24.9 Å². The molecule has 7 heteroatoms. The van der Waals surface area contributed by atoms with Crippen molar-refractivity contribution in [2.75, 3.05) is 5.32 Å². The van der Waals surface area contributed by atoms with Crippen molar-refractivity contribution in [2.24, 2.45) is 10.7 Å². The lowest BCUT2D eigenvalue weighted by molar-refractivity contribution is -0.274. The van der Waals surface area contributed by atoms with Crippen LogP contribution in [-0.4, -0.2) is 12.3 Å². The van der Waals surface area contributed by atoms with E-state index in [1.165, 1.54) is 29.3 Å². The molecule has 3 N–H and O–H groups in total. The SMILES string of the molecule is NC(=NCc1ccccc1OC(F)(F)F)Nc1ccc2c(c1)CCC2. The maximum absolute atomic E-state index is 12.4. The number of aryl methyl sites for hydroxylation is 2. The number of hydrogen-bond donors (Lipinski definition) is 2. The first-order valence-corrected chi connectivity index (χ1v) is 7.93. The van der Waals surface area contributed by atoms with Crippen molar-refractivity contribution in [2.45, 2.75) is 32.2 Å². The molecule has 0 unspecified atom stereocenters. The minimum atomic E-state index is -4.74. The number of nitrogens with zero attached hydrogens (tertiary/aromatic N) is 1. The summed E-state index contributed by atoms with van der Waals surface area (Å²) in [5.74, 6) is -0.135. The molecule has 0 saturated heterocycles. The molecule has 0 aromatic heterocycles. The van der Waals surface area contributed by atoms with E-state index in [4.69, 9.17) is 5.73 Å². The number of hydrogen-bond acceptors (Lipinski definition) is 2. The molecule has 0 aliphatic heterocycles. The van der Waals surface area contributed by atoms with Gasteiger partial charge in [0.05, 0.1) is 6.54 Å². The van der Waals surface area contributed by atoms with Gasteiger partial charge in [0.15, 0.2) is 5.96 Å². The van der Waals surface area contributed by atoms with Crippen molar-refractivity contribution in [3.8, 4) is 5.75 Å². The van der Waals surface area contributed by atoms with Crippen LogP contribution in [0.15, 0.2) is 47.5 Å². The molecule has 0 bridgehead atoms. The highest BCUT2D eigenvalue weighted by Crippen LogP contribution is 2.27. The molecular weight excluding hydrogens is 331 g/mol. The highest BCUT2D eigenvalue weighted by atomic mass is 19.4. The Morgan fingerprint density at radius 1 is 1.12 bits per heavy atom. The molecule has 1 aliphatic carbocycles. The largest absolute Gasteiger partial charge is 0.573 e. The van der Waals surface area contributed by atoms with E-state index in [2.05, 4.69) is 21.1 Å². The highest BCUT2D eigenvalue weighted by molar-refractivity contribution is 5.92. The normalized spacial score (nSPS) is 14.3. The van der Waals surface area contributed by atoms with E-state index >= 15 is 0 Å². The van der Waals surface area contributed by atoms with Crippen LogP contribution in [0, 0.1) is 0 Å². The van der Waals surface area contributed by atoms with E-state index in [0.29, 0.717) is 5.56 Å². The summed E-state index contributed by atoms with van der Waals surface area (Å²) >= 11 is 0. The van der Waals surface area contributed by atoms with Gasteiger partial charge in [-0.3, -0.25) is 0 Å². The summed E-state index contributed by atoms with van der Waals surface area (Å²) < 4.78 is 41.3. The Labute approximate surface area is 143 Å². The van der Waals surface area contributed by atoms with Gasteiger partial charge in [0.25, 0.3) is 0 Å². The number of alkyl halides is 3. The molecule has 132 valence electrons. The highest BCUT2D eigenvalue weighted by Gasteiger charge is 2.31. The third-order valence-corrected chi connectivity index (χ3v) is 3.99. The molecule has 0 radical (unpaired) electrons. The molecule has 2 aromatic carbocycles. The van der Waals surface area contributed by atoms with Gasteiger partial charge in [-0.25, -0.2) is 4.99 Å². The third-order valence-electron chi connectivity index (χ3n) is 3.99. The zero-order valence-corrected chi connectivity index (χ0v) is 13.4. The Hall–Kier alpha value is -2.70. The minimum absolute atomic E-state index is 0.0178. The van der Waals surface area contributed by atoms with Crippen LogP contribution in [-0.2, 0) is 19.4 Å². The zero-order chi connectivity index (χ0) is 17.9. The molecule has 4 nitrogen and oxygen atoms in total. The number of nitrogens with two attached hydrogens (primary N) is 1. The fourth-order valence-electron chi connectivity index (χ4n) is 2.87. The van der Waals surface area contributed by atoms with E-state index < -0.39 is 6.36 Å². The number of nitrogens with one attached hydrogen (secondary N) is 1. The summed E-state index contributed by atoms with van der Waals surface area (Å²) in [6, 6.07) is 11.9. The van der Waals surface area contributed by atoms with E-state index in [1.807, 2.05) is 12.1 Å². The van der Waals surface area contributed by atoms with Gasteiger partial charge in [-0.2, -0.15) is 0 Å². The Kier molecular flexibility index (Phi) is 4.83. The molecule has 3 rings (SSSR count). The van der Waals surface area contributed by atoms with Gasteiger partial charge in [-0.1, -0.05) is 24.3 Å². The van der Waals surface area contributed by atoms with Crippen molar-refractivity contribution >= 4 is 11.6 Å².